The number of hydrogen-bond donors (Lipinski definition) is 1. The average Bonchev–Trinajstić information content (AvgIpc) is 2.78. The Morgan fingerprint density at radius 3 is 2.78 bits per heavy atom. The molecule has 1 unspecified atom stereocenters. The maximum absolute atomic E-state index is 5.60. The van der Waals surface area contributed by atoms with Gasteiger partial charge in [0.15, 0.2) is 4.67 Å². The minimum absolute atomic E-state index is 0.0247. The van der Waals surface area contributed by atoms with Crippen molar-refractivity contribution in [1.82, 2.24) is 5.32 Å². The number of halogens is 1. The highest BCUT2D eigenvalue weighted by Gasteiger charge is 2.16. The summed E-state index contributed by atoms with van der Waals surface area (Å²) in [6.45, 7) is 2.64. The number of nitrogens with one attached hydrogen (secondary N) is 1. The molecule has 4 heteroatoms. The fourth-order valence-electron chi connectivity index (χ4n) is 1.91. The summed E-state index contributed by atoms with van der Waals surface area (Å²) in [6, 6.07) is 11.9. The number of hydrogen-bond acceptors (Lipinski definition) is 3. The van der Waals surface area contributed by atoms with Crippen LogP contribution in [-0.2, 0) is 0 Å². The third kappa shape index (κ3) is 2.94. The molecule has 18 heavy (non-hydrogen) atoms. The van der Waals surface area contributed by atoms with Crippen LogP contribution in [0.15, 0.2) is 45.5 Å². The van der Waals surface area contributed by atoms with Gasteiger partial charge in [-0.3, -0.25) is 0 Å². The van der Waals surface area contributed by atoms with Gasteiger partial charge in [-0.1, -0.05) is 12.1 Å². The van der Waals surface area contributed by atoms with Crippen LogP contribution in [-0.4, -0.2) is 13.7 Å². The van der Waals surface area contributed by atoms with E-state index in [1.165, 1.54) is 0 Å². The Hall–Kier alpha value is -1.26. The molecule has 2 rings (SSSR count). The van der Waals surface area contributed by atoms with Crippen molar-refractivity contribution in [2.45, 2.75) is 13.0 Å². The molecule has 0 bridgehead atoms. The van der Waals surface area contributed by atoms with Crippen molar-refractivity contribution < 1.29 is 9.15 Å². The zero-order chi connectivity index (χ0) is 13.0. The Morgan fingerprint density at radius 1 is 1.33 bits per heavy atom. The maximum Gasteiger partial charge on any atom is 0.169 e. The second-order valence-corrected chi connectivity index (χ2v) is 4.65. The molecule has 0 amide bonds. The van der Waals surface area contributed by atoms with Gasteiger partial charge in [0.1, 0.15) is 11.5 Å². The van der Waals surface area contributed by atoms with E-state index in [-0.39, 0.29) is 6.04 Å². The maximum atomic E-state index is 5.60. The van der Waals surface area contributed by atoms with E-state index in [1.807, 2.05) is 44.3 Å². The van der Waals surface area contributed by atoms with Gasteiger partial charge >= 0.3 is 0 Å². The lowest BCUT2D eigenvalue weighted by molar-refractivity contribution is 0.339. The standard InChI is InChI=1S/C14H16BrNO2/c1-3-17-11-6-4-5-10(9-11)14(16-2)12-7-8-13(15)18-12/h4-9,14,16H,3H2,1-2H3. The summed E-state index contributed by atoms with van der Waals surface area (Å²) < 4.78 is 11.9. The van der Waals surface area contributed by atoms with Gasteiger partial charge < -0.3 is 14.5 Å². The monoisotopic (exact) mass is 309 g/mol. The summed E-state index contributed by atoms with van der Waals surface area (Å²) in [5, 5.41) is 3.25. The lowest BCUT2D eigenvalue weighted by Crippen LogP contribution is -2.17. The van der Waals surface area contributed by atoms with Gasteiger partial charge in [-0.05, 0) is 59.7 Å². The quantitative estimate of drug-likeness (QED) is 0.913. The Morgan fingerprint density at radius 2 is 2.17 bits per heavy atom. The third-order valence-electron chi connectivity index (χ3n) is 2.67. The summed E-state index contributed by atoms with van der Waals surface area (Å²) in [5.74, 6) is 1.75. The zero-order valence-corrected chi connectivity index (χ0v) is 12.0. The van der Waals surface area contributed by atoms with Gasteiger partial charge in [0.2, 0.25) is 0 Å². The molecular weight excluding hydrogens is 294 g/mol. The number of benzene rings is 1. The van der Waals surface area contributed by atoms with Crippen LogP contribution in [0.5, 0.6) is 5.75 Å². The van der Waals surface area contributed by atoms with Gasteiger partial charge in [-0.2, -0.15) is 0 Å². The topological polar surface area (TPSA) is 34.4 Å². The van der Waals surface area contributed by atoms with Crippen LogP contribution in [0.2, 0.25) is 0 Å². The predicted octanol–water partition coefficient (Wildman–Crippen LogP) is 3.75. The molecule has 0 spiro atoms. The van der Waals surface area contributed by atoms with Gasteiger partial charge in [0, 0.05) is 0 Å². The lowest BCUT2D eigenvalue weighted by atomic mass is 10.0. The van der Waals surface area contributed by atoms with Crippen molar-refractivity contribution in [3.05, 3.63) is 52.4 Å². The smallest absolute Gasteiger partial charge is 0.169 e. The van der Waals surface area contributed by atoms with Crippen molar-refractivity contribution in [3.63, 3.8) is 0 Å². The van der Waals surface area contributed by atoms with E-state index in [0.717, 1.165) is 21.7 Å². The molecule has 3 nitrogen and oxygen atoms in total. The van der Waals surface area contributed by atoms with Crippen LogP contribution < -0.4 is 10.1 Å². The summed E-state index contributed by atoms with van der Waals surface area (Å²) in [4.78, 5) is 0. The second-order valence-electron chi connectivity index (χ2n) is 3.87. The lowest BCUT2D eigenvalue weighted by Gasteiger charge is -2.15. The second kappa shape index (κ2) is 6.07. The average molecular weight is 310 g/mol. The van der Waals surface area contributed by atoms with Gasteiger partial charge in [-0.25, -0.2) is 0 Å². The van der Waals surface area contributed by atoms with Crippen LogP contribution in [0.4, 0.5) is 0 Å². The van der Waals surface area contributed by atoms with Gasteiger partial charge in [0.05, 0.1) is 12.6 Å². The highest BCUT2D eigenvalue weighted by atomic mass is 79.9. The highest BCUT2D eigenvalue weighted by molar-refractivity contribution is 9.10. The molecule has 0 aliphatic carbocycles. The molecule has 0 saturated carbocycles. The minimum Gasteiger partial charge on any atom is -0.494 e. The molecule has 96 valence electrons. The molecule has 0 aliphatic heterocycles. The Balaban J connectivity index is 2.29. The van der Waals surface area contributed by atoms with E-state index < -0.39 is 0 Å². The summed E-state index contributed by atoms with van der Waals surface area (Å²) in [6.07, 6.45) is 0. The SMILES string of the molecule is CCOc1cccc(C(NC)c2ccc(Br)o2)c1. The van der Waals surface area contributed by atoms with E-state index in [4.69, 9.17) is 9.15 Å². The molecule has 1 N–H and O–H groups in total. The van der Waals surface area contributed by atoms with E-state index in [9.17, 15) is 0 Å². The Bertz CT molecular complexity index is 510. The molecule has 1 heterocycles. The van der Waals surface area contributed by atoms with E-state index >= 15 is 0 Å². The summed E-state index contributed by atoms with van der Waals surface area (Å²) in [5.41, 5.74) is 1.12. The van der Waals surface area contributed by atoms with Crippen molar-refractivity contribution in [2.75, 3.05) is 13.7 Å². The molecule has 0 radical (unpaired) electrons. The molecule has 0 saturated heterocycles. The van der Waals surface area contributed by atoms with Crippen LogP contribution in [0, 0.1) is 0 Å². The molecule has 1 aromatic carbocycles. The molecule has 0 aliphatic rings. The number of ether oxygens (including phenoxy) is 1. The Labute approximate surface area is 115 Å². The minimum atomic E-state index is 0.0247. The van der Waals surface area contributed by atoms with Crippen molar-refractivity contribution in [3.8, 4) is 5.75 Å². The fourth-order valence-corrected chi connectivity index (χ4v) is 2.23. The van der Waals surface area contributed by atoms with Crippen LogP contribution >= 0.6 is 15.9 Å². The molecule has 2 aromatic rings. The number of furan rings is 1. The molecular formula is C14H16BrNO2. The van der Waals surface area contributed by atoms with Crippen LogP contribution in [0.25, 0.3) is 0 Å². The fraction of sp³-hybridized carbons (Fsp3) is 0.286. The summed E-state index contributed by atoms with van der Waals surface area (Å²) in [7, 11) is 1.91. The molecule has 1 aromatic heterocycles. The molecule has 1 atom stereocenters. The van der Waals surface area contributed by atoms with E-state index in [1.54, 1.807) is 0 Å². The Kier molecular flexibility index (Phi) is 4.44. The third-order valence-corrected chi connectivity index (χ3v) is 3.10. The van der Waals surface area contributed by atoms with Crippen LogP contribution in [0.1, 0.15) is 24.3 Å². The largest absolute Gasteiger partial charge is 0.494 e. The van der Waals surface area contributed by atoms with Gasteiger partial charge in [0.25, 0.3) is 0 Å². The highest BCUT2D eigenvalue weighted by Crippen LogP contribution is 2.27. The first-order chi connectivity index (χ1) is 8.74. The van der Waals surface area contributed by atoms with Crippen molar-refractivity contribution in [1.29, 1.82) is 0 Å². The van der Waals surface area contributed by atoms with Gasteiger partial charge in [-0.15, -0.1) is 0 Å². The molecule has 0 fully saturated rings. The predicted molar refractivity (Wildman–Crippen MR) is 74.9 cm³/mol. The van der Waals surface area contributed by atoms with Crippen molar-refractivity contribution >= 4 is 15.9 Å². The normalized spacial score (nSPS) is 12.4. The first-order valence-electron chi connectivity index (χ1n) is 5.90. The first kappa shape index (κ1) is 13.2. The summed E-state index contributed by atoms with van der Waals surface area (Å²) >= 11 is 3.32. The van der Waals surface area contributed by atoms with Crippen molar-refractivity contribution in [2.24, 2.45) is 0 Å². The van der Waals surface area contributed by atoms with Crippen LogP contribution in [0.3, 0.4) is 0 Å². The first-order valence-corrected chi connectivity index (χ1v) is 6.69. The zero-order valence-electron chi connectivity index (χ0n) is 10.4. The number of rotatable bonds is 5. The van der Waals surface area contributed by atoms with E-state index in [0.29, 0.717) is 6.61 Å². The van der Waals surface area contributed by atoms with E-state index in [2.05, 4.69) is 27.3 Å².